The number of aryl methyl sites for hydroxylation is 1. The SMILES string of the molecule is CNC(=O)C(Cc1ccccc1)N(Cc1cccc(C)c1)C(=O)CN(C)S(=O)(=O)c1ccc2ccccc2c1. The molecule has 202 valence electrons. The van der Waals surface area contributed by atoms with Crippen LogP contribution in [0.3, 0.4) is 0 Å². The lowest BCUT2D eigenvalue weighted by Crippen LogP contribution is -2.52. The first-order valence-electron chi connectivity index (χ1n) is 12.7. The second kappa shape index (κ2) is 12.2. The molecule has 8 heteroatoms. The molecule has 0 bridgehead atoms. The van der Waals surface area contributed by atoms with Crippen LogP contribution in [-0.4, -0.2) is 56.1 Å². The van der Waals surface area contributed by atoms with Gasteiger partial charge in [-0.15, -0.1) is 0 Å². The first-order chi connectivity index (χ1) is 18.7. The van der Waals surface area contributed by atoms with E-state index in [1.54, 1.807) is 18.2 Å². The van der Waals surface area contributed by atoms with E-state index in [1.807, 2.05) is 85.8 Å². The maximum Gasteiger partial charge on any atom is 0.243 e. The molecule has 0 saturated carbocycles. The van der Waals surface area contributed by atoms with Gasteiger partial charge in [0.15, 0.2) is 0 Å². The number of amides is 2. The number of hydrogen-bond acceptors (Lipinski definition) is 4. The molecule has 0 heterocycles. The molecule has 7 nitrogen and oxygen atoms in total. The summed E-state index contributed by atoms with van der Waals surface area (Å²) in [6, 6.07) is 28.7. The summed E-state index contributed by atoms with van der Waals surface area (Å²) >= 11 is 0. The smallest absolute Gasteiger partial charge is 0.243 e. The number of hydrogen-bond donors (Lipinski definition) is 1. The average Bonchev–Trinajstić information content (AvgIpc) is 2.94. The molecule has 1 unspecified atom stereocenters. The molecule has 39 heavy (non-hydrogen) atoms. The van der Waals surface area contributed by atoms with Gasteiger partial charge in [0.05, 0.1) is 11.4 Å². The second-order valence-electron chi connectivity index (χ2n) is 9.60. The first kappa shape index (κ1) is 28.0. The fourth-order valence-corrected chi connectivity index (χ4v) is 5.76. The summed E-state index contributed by atoms with van der Waals surface area (Å²) in [5.41, 5.74) is 2.77. The molecule has 0 saturated heterocycles. The molecule has 0 aliphatic heterocycles. The van der Waals surface area contributed by atoms with E-state index in [-0.39, 0.29) is 17.3 Å². The Balaban J connectivity index is 1.65. The quantitative estimate of drug-likeness (QED) is 0.326. The molecular formula is C31H33N3O4S. The molecule has 4 aromatic rings. The van der Waals surface area contributed by atoms with Gasteiger partial charge in [-0.3, -0.25) is 9.59 Å². The molecule has 0 spiro atoms. The van der Waals surface area contributed by atoms with Crippen LogP contribution in [0.1, 0.15) is 16.7 Å². The minimum Gasteiger partial charge on any atom is -0.357 e. The molecule has 1 atom stereocenters. The molecule has 4 aromatic carbocycles. The van der Waals surface area contributed by atoms with Gasteiger partial charge < -0.3 is 10.2 Å². The monoisotopic (exact) mass is 543 g/mol. The lowest BCUT2D eigenvalue weighted by atomic mass is 10.0. The lowest BCUT2D eigenvalue weighted by Gasteiger charge is -2.32. The Morgan fingerprint density at radius 1 is 0.821 bits per heavy atom. The highest BCUT2D eigenvalue weighted by atomic mass is 32.2. The highest BCUT2D eigenvalue weighted by molar-refractivity contribution is 7.89. The Morgan fingerprint density at radius 3 is 2.18 bits per heavy atom. The number of sulfonamides is 1. The van der Waals surface area contributed by atoms with Crippen LogP contribution in [0.5, 0.6) is 0 Å². The Labute approximate surface area is 230 Å². The van der Waals surface area contributed by atoms with Gasteiger partial charge in [0, 0.05) is 27.1 Å². The van der Waals surface area contributed by atoms with Crippen molar-refractivity contribution in [1.82, 2.24) is 14.5 Å². The van der Waals surface area contributed by atoms with Crippen LogP contribution >= 0.6 is 0 Å². The minimum absolute atomic E-state index is 0.105. The summed E-state index contributed by atoms with van der Waals surface area (Å²) in [5.74, 6) is -0.784. The van der Waals surface area contributed by atoms with Gasteiger partial charge in [-0.05, 0) is 41.0 Å². The average molecular weight is 544 g/mol. The van der Waals surface area contributed by atoms with Gasteiger partial charge in [-0.1, -0.05) is 90.5 Å². The number of likely N-dealkylation sites (N-methyl/N-ethyl adjacent to an activating group) is 2. The van der Waals surface area contributed by atoms with E-state index in [1.165, 1.54) is 19.0 Å². The zero-order chi connectivity index (χ0) is 28.0. The summed E-state index contributed by atoms with van der Waals surface area (Å²) in [7, 11) is -1.04. The van der Waals surface area contributed by atoms with Crippen molar-refractivity contribution in [2.24, 2.45) is 0 Å². The standard InChI is InChI=1S/C31H33N3O4S/c1-23-10-9-13-25(18-23)21-34(29(31(36)32-2)19-24-11-5-4-6-12-24)30(35)22-33(3)39(37,38)28-17-16-26-14-7-8-15-27(26)20-28/h4-18,20,29H,19,21-22H2,1-3H3,(H,32,36). The van der Waals surface area contributed by atoms with E-state index in [9.17, 15) is 18.0 Å². The number of carbonyl (C=O) groups is 2. The summed E-state index contributed by atoms with van der Waals surface area (Å²) in [5, 5.41) is 4.40. The normalized spacial score (nSPS) is 12.3. The maximum absolute atomic E-state index is 13.8. The number of fused-ring (bicyclic) bond motifs is 1. The maximum atomic E-state index is 13.8. The largest absolute Gasteiger partial charge is 0.357 e. The Bertz CT molecular complexity index is 1570. The third kappa shape index (κ3) is 6.71. The highest BCUT2D eigenvalue weighted by Crippen LogP contribution is 2.22. The van der Waals surface area contributed by atoms with Crippen molar-refractivity contribution in [3.63, 3.8) is 0 Å². The minimum atomic E-state index is -3.96. The van der Waals surface area contributed by atoms with Crippen LogP contribution in [0.2, 0.25) is 0 Å². The number of nitrogens with zero attached hydrogens (tertiary/aromatic N) is 2. The van der Waals surface area contributed by atoms with Gasteiger partial charge in [-0.2, -0.15) is 4.31 Å². The van der Waals surface area contributed by atoms with Crippen molar-refractivity contribution >= 4 is 32.6 Å². The Morgan fingerprint density at radius 2 is 1.49 bits per heavy atom. The molecule has 0 aliphatic rings. The van der Waals surface area contributed by atoms with E-state index >= 15 is 0 Å². The number of carbonyl (C=O) groups excluding carboxylic acids is 2. The van der Waals surface area contributed by atoms with E-state index < -0.39 is 28.5 Å². The van der Waals surface area contributed by atoms with Crippen molar-refractivity contribution in [2.45, 2.75) is 30.8 Å². The van der Waals surface area contributed by atoms with Crippen LogP contribution in [0.25, 0.3) is 10.8 Å². The number of nitrogens with one attached hydrogen (secondary N) is 1. The van der Waals surface area contributed by atoms with Gasteiger partial charge in [0.25, 0.3) is 0 Å². The van der Waals surface area contributed by atoms with Crippen LogP contribution in [0, 0.1) is 6.92 Å². The summed E-state index contributed by atoms with van der Waals surface area (Å²) in [6.07, 6.45) is 0.291. The Kier molecular flexibility index (Phi) is 8.79. The number of rotatable bonds is 10. The van der Waals surface area contributed by atoms with E-state index in [2.05, 4.69) is 5.32 Å². The molecule has 0 radical (unpaired) electrons. The molecular weight excluding hydrogens is 510 g/mol. The van der Waals surface area contributed by atoms with Crippen LogP contribution in [0.4, 0.5) is 0 Å². The van der Waals surface area contributed by atoms with Crippen molar-refractivity contribution in [3.8, 4) is 0 Å². The van der Waals surface area contributed by atoms with E-state index in [0.29, 0.717) is 6.42 Å². The van der Waals surface area contributed by atoms with Crippen molar-refractivity contribution in [1.29, 1.82) is 0 Å². The fraction of sp³-hybridized carbons (Fsp3) is 0.226. The third-order valence-electron chi connectivity index (χ3n) is 6.74. The van der Waals surface area contributed by atoms with Crippen LogP contribution in [-0.2, 0) is 32.6 Å². The van der Waals surface area contributed by atoms with E-state index in [0.717, 1.165) is 31.8 Å². The number of benzene rings is 4. The predicted molar refractivity (Wildman–Crippen MR) is 153 cm³/mol. The summed E-state index contributed by atoms with van der Waals surface area (Å²) < 4.78 is 28.0. The van der Waals surface area contributed by atoms with Crippen molar-refractivity contribution in [2.75, 3.05) is 20.6 Å². The zero-order valence-electron chi connectivity index (χ0n) is 22.4. The second-order valence-corrected chi connectivity index (χ2v) is 11.6. The van der Waals surface area contributed by atoms with E-state index in [4.69, 9.17) is 0 Å². The zero-order valence-corrected chi connectivity index (χ0v) is 23.2. The fourth-order valence-electron chi connectivity index (χ4n) is 4.60. The molecule has 0 fully saturated rings. The van der Waals surface area contributed by atoms with Crippen LogP contribution < -0.4 is 5.32 Å². The van der Waals surface area contributed by atoms with Crippen molar-refractivity contribution in [3.05, 3.63) is 114 Å². The third-order valence-corrected chi connectivity index (χ3v) is 8.54. The van der Waals surface area contributed by atoms with Gasteiger partial charge in [-0.25, -0.2) is 8.42 Å². The van der Waals surface area contributed by atoms with Gasteiger partial charge in [0.1, 0.15) is 6.04 Å². The summed E-state index contributed by atoms with van der Waals surface area (Å²) in [4.78, 5) is 28.5. The molecule has 0 aromatic heterocycles. The molecule has 0 aliphatic carbocycles. The molecule has 4 rings (SSSR count). The highest BCUT2D eigenvalue weighted by Gasteiger charge is 2.32. The molecule has 2 amide bonds. The predicted octanol–water partition coefficient (Wildman–Crippen LogP) is 4.15. The first-order valence-corrected chi connectivity index (χ1v) is 14.2. The van der Waals surface area contributed by atoms with Gasteiger partial charge >= 0.3 is 0 Å². The molecule has 1 N–H and O–H groups in total. The van der Waals surface area contributed by atoms with Crippen molar-refractivity contribution < 1.29 is 18.0 Å². The Hall–Kier alpha value is -4.01. The van der Waals surface area contributed by atoms with Gasteiger partial charge in [0.2, 0.25) is 21.8 Å². The van der Waals surface area contributed by atoms with Crippen LogP contribution in [0.15, 0.2) is 102 Å². The topological polar surface area (TPSA) is 86.8 Å². The summed E-state index contributed by atoms with van der Waals surface area (Å²) in [6.45, 7) is 1.71. The lowest BCUT2D eigenvalue weighted by molar-refractivity contribution is -0.141.